The molecular weight excluding hydrogens is 216 g/mol. The summed E-state index contributed by atoms with van der Waals surface area (Å²) in [7, 11) is -10.2. The number of hydrogen-bond acceptors (Lipinski definition) is 6. The van der Waals surface area contributed by atoms with Crippen LogP contribution >= 0.6 is 0 Å². The summed E-state index contributed by atoms with van der Waals surface area (Å²) in [5.41, 5.74) is 4.39. The van der Waals surface area contributed by atoms with Gasteiger partial charge in [-0.15, -0.1) is 3.63 Å². The Hall–Kier alpha value is -0.750. The quantitative estimate of drug-likeness (QED) is 0.240. The van der Waals surface area contributed by atoms with Gasteiger partial charge in [-0.2, -0.15) is 16.8 Å². The largest absolute Gasteiger partial charge is 0.413 e. The molecule has 9 nitrogen and oxygen atoms in total. The second-order valence-corrected chi connectivity index (χ2v) is 3.35. The zero-order chi connectivity index (χ0) is 10.4. The van der Waals surface area contributed by atoms with Gasteiger partial charge in [-0.1, -0.05) is 0 Å². The van der Waals surface area contributed by atoms with Crippen LogP contribution in [0.2, 0.25) is 0 Å². The van der Waals surface area contributed by atoms with Gasteiger partial charge in [-0.05, 0) is 0 Å². The molecule has 0 radical (unpaired) electrons. The molecule has 0 unspecified atom stereocenters. The first-order valence-electron chi connectivity index (χ1n) is 1.99. The van der Waals surface area contributed by atoms with Gasteiger partial charge >= 0.3 is 20.8 Å². The van der Waals surface area contributed by atoms with E-state index < -0.39 is 20.8 Å². The molecule has 0 aromatic heterocycles. The Bertz CT molecular complexity index is 281. The molecule has 0 rings (SSSR count). The maximum Gasteiger partial charge on any atom is 0.413 e. The van der Waals surface area contributed by atoms with E-state index >= 15 is 0 Å². The second kappa shape index (κ2) is 5.00. The molecule has 12 heavy (non-hydrogen) atoms. The minimum absolute atomic E-state index is 0.750. The van der Waals surface area contributed by atoms with Gasteiger partial charge in [0.25, 0.3) is 0 Å². The van der Waals surface area contributed by atoms with E-state index in [2.05, 4.69) is 9.36 Å². The molecule has 11 heteroatoms. The third-order valence-corrected chi connectivity index (χ3v) is 1.55. The summed E-state index contributed by atoms with van der Waals surface area (Å²) in [6.45, 7) is 0. The SMILES string of the molecule is N=CN.O=S(=O)(O)OS(=O)(=O)O. The maximum absolute atomic E-state index is 9.44. The van der Waals surface area contributed by atoms with Gasteiger partial charge in [0.15, 0.2) is 0 Å². The Kier molecular flexibility index (Phi) is 5.75. The highest BCUT2D eigenvalue weighted by atomic mass is 32.3. The highest BCUT2D eigenvalue weighted by Gasteiger charge is 2.15. The van der Waals surface area contributed by atoms with Crippen molar-refractivity contribution in [2.45, 2.75) is 0 Å². The summed E-state index contributed by atoms with van der Waals surface area (Å²) < 4.78 is 55.6. The summed E-state index contributed by atoms with van der Waals surface area (Å²) in [6.07, 6.45) is 0.750. The van der Waals surface area contributed by atoms with Crippen LogP contribution in [0.4, 0.5) is 0 Å². The van der Waals surface area contributed by atoms with E-state index in [0.29, 0.717) is 0 Å². The zero-order valence-electron chi connectivity index (χ0n) is 5.41. The number of nitrogens with two attached hydrogens (primary N) is 1. The first-order valence-corrected chi connectivity index (χ1v) is 4.72. The van der Waals surface area contributed by atoms with Crippen LogP contribution < -0.4 is 5.73 Å². The van der Waals surface area contributed by atoms with E-state index in [-0.39, 0.29) is 0 Å². The van der Waals surface area contributed by atoms with E-state index in [0.717, 1.165) is 6.34 Å². The lowest BCUT2D eigenvalue weighted by Crippen LogP contribution is -2.10. The zero-order valence-corrected chi connectivity index (χ0v) is 7.04. The van der Waals surface area contributed by atoms with Crippen LogP contribution in [0.15, 0.2) is 0 Å². The average molecular weight is 222 g/mol. The predicted octanol–water partition coefficient (Wildman–Crippen LogP) is -1.84. The third-order valence-electron chi connectivity index (χ3n) is 0.172. The highest BCUT2D eigenvalue weighted by molar-refractivity contribution is 7.94. The number of hydrogen-bond donors (Lipinski definition) is 4. The first kappa shape index (κ1) is 13.8. The van der Waals surface area contributed by atoms with E-state index in [1.54, 1.807) is 0 Å². The van der Waals surface area contributed by atoms with Gasteiger partial charge in [0.05, 0.1) is 6.34 Å². The van der Waals surface area contributed by atoms with Gasteiger partial charge in [0.2, 0.25) is 0 Å². The van der Waals surface area contributed by atoms with Crippen molar-refractivity contribution in [2.24, 2.45) is 5.73 Å². The Labute approximate surface area is 68.6 Å². The van der Waals surface area contributed by atoms with Crippen LogP contribution in [0.3, 0.4) is 0 Å². The summed E-state index contributed by atoms with van der Waals surface area (Å²) in [4.78, 5) is 0. The monoisotopic (exact) mass is 222 g/mol. The molecule has 0 heterocycles. The Morgan fingerprint density at radius 2 is 1.33 bits per heavy atom. The van der Waals surface area contributed by atoms with Crippen molar-refractivity contribution < 1.29 is 29.6 Å². The van der Waals surface area contributed by atoms with Crippen molar-refractivity contribution in [2.75, 3.05) is 0 Å². The molecule has 0 aliphatic heterocycles. The molecule has 0 fully saturated rings. The van der Waals surface area contributed by atoms with Crippen LogP contribution in [-0.2, 0) is 24.4 Å². The summed E-state index contributed by atoms with van der Waals surface area (Å²) >= 11 is 0. The van der Waals surface area contributed by atoms with E-state index in [1.165, 1.54) is 0 Å². The topological polar surface area (TPSA) is 168 Å². The molecule has 0 bridgehead atoms. The van der Waals surface area contributed by atoms with Crippen molar-refractivity contribution in [3.05, 3.63) is 0 Å². The standard InChI is InChI=1S/CH4N2.H2O7S2/c2-1-3;1-8(2,3)7-9(4,5)6/h1H,(H3,2,3);(H,1,2,3)(H,4,5,6). The lowest BCUT2D eigenvalue weighted by Gasteiger charge is -1.89. The third kappa shape index (κ3) is 22.8. The van der Waals surface area contributed by atoms with Crippen LogP contribution in [0.5, 0.6) is 0 Å². The highest BCUT2D eigenvalue weighted by Crippen LogP contribution is 1.91. The van der Waals surface area contributed by atoms with Crippen LogP contribution in [0, 0.1) is 5.41 Å². The molecule has 0 aliphatic carbocycles. The Morgan fingerprint density at radius 3 is 1.33 bits per heavy atom. The lowest BCUT2D eigenvalue weighted by atomic mass is 11.4. The van der Waals surface area contributed by atoms with Gasteiger partial charge in [-0.3, -0.25) is 14.5 Å². The van der Waals surface area contributed by atoms with Crippen molar-refractivity contribution in [3.63, 3.8) is 0 Å². The molecular formula is CH6N2O7S2. The predicted molar refractivity (Wildman–Crippen MR) is 37.2 cm³/mol. The summed E-state index contributed by atoms with van der Waals surface area (Å²) in [5.74, 6) is 0. The average Bonchev–Trinajstić information content (AvgIpc) is 1.53. The van der Waals surface area contributed by atoms with Crippen LogP contribution in [0.25, 0.3) is 0 Å². The van der Waals surface area contributed by atoms with Crippen molar-refractivity contribution in [3.8, 4) is 0 Å². The van der Waals surface area contributed by atoms with E-state index in [1.807, 2.05) is 0 Å². The van der Waals surface area contributed by atoms with Crippen molar-refractivity contribution in [1.82, 2.24) is 0 Å². The minimum atomic E-state index is -5.12. The molecule has 0 aromatic carbocycles. The molecule has 0 saturated heterocycles. The van der Waals surface area contributed by atoms with Crippen LogP contribution in [-0.4, -0.2) is 32.3 Å². The fourth-order valence-electron chi connectivity index (χ4n) is 0.109. The van der Waals surface area contributed by atoms with E-state index in [9.17, 15) is 16.8 Å². The van der Waals surface area contributed by atoms with Gasteiger partial charge in [0, 0.05) is 0 Å². The first-order chi connectivity index (χ1) is 5.12. The van der Waals surface area contributed by atoms with Gasteiger partial charge in [0.1, 0.15) is 0 Å². The lowest BCUT2D eigenvalue weighted by molar-refractivity contribution is 0.344. The second-order valence-electron chi connectivity index (χ2n) is 1.09. The van der Waals surface area contributed by atoms with Gasteiger partial charge in [-0.25, -0.2) is 0 Å². The molecule has 0 spiro atoms. The van der Waals surface area contributed by atoms with Crippen LogP contribution in [0.1, 0.15) is 0 Å². The molecule has 0 aromatic rings. The normalized spacial score (nSPS) is 11.2. The molecule has 74 valence electrons. The Balaban J connectivity index is 0. The summed E-state index contributed by atoms with van der Waals surface area (Å²) in [6, 6.07) is 0. The Morgan fingerprint density at radius 1 is 1.17 bits per heavy atom. The molecule has 0 atom stereocenters. The fraction of sp³-hybridized carbons (Fsp3) is 0. The fourth-order valence-corrected chi connectivity index (χ4v) is 0.978. The summed E-state index contributed by atoms with van der Waals surface area (Å²) in [5, 5.41) is 5.86. The number of rotatable bonds is 2. The van der Waals surface area contributed by atoms with E-state index in [4.69, 9.17) is 14.5 Å². The molecule has 5 N–H and O–H groups in total. The number of nitrogens with one attached hydrogen (secondary N) is 1. The van der Waals surface area contributed by atoms with Crippen molar-refractivity contribution in [1.29, 1.82) is 5.41 Å². The smallest absolute Gasteiger partial charge is 0.390 e. The molecule has 0 aliphatic rings. The maximum atomic E-state index is 9.44. The van der Waals surface area contributed by atoms with Crippen molar-refractivity contribution >= 4 is 27.1 Å². The molecule has 0 saturated carbocycles. The van der Waals surface area contributed by atoms with Gasteiger partial charge < -0.3 is 5.73 Å². The minimum Gasteiger partial charge on any atom is -0.390 e. The molecule has 0 amide bonds.